The SMILES string of the molecule is CCc1ccccc1NC(=O)N1CCN(c2nc(C)nc(C)c2Cc2ccc(Cl)cc2)CC1. The van der Waals surface area contributed by atoms with Gasteiger partial charge in [-0.2, -0.15) is 0 Å². The third-order valence-electron chi connectivity index (χ3n) is 6.10. The number of hydrogen-bond donors (Lipinski definition) is 1. The Bertz CT molecular complexity index is 1120. The van der Waals surface area contributed by atoms with Crippen LogP contribution in [-0.2, 0) is 12.8 Å². The Kier molecular flexibility index (Phi) is 7.14. The minimum absolute atomic E-state index is 0.0491. The molecule has 1 N–H and O–H groups in total. The molecule has 2 aromatic carbocycles. The monoisotopic (exact) mass is 463 g/mol. The van der Waals surface area contributed by atoms with Crippen LogP contribution in [0.3, 0.4) is 0 Å². The van der Waals surface area contributed by atoms with Crippen LogP contribution in [0.5, 0.6) is 0 Å². The summed E-state index contributed by atoms with van der Waals surface area (Å²) in [6.07, 6.45) is 1.63. The number of halogens is 1. The number of urea groups is 1. The van der Waals surface area contributed by atoms with Crippen molar-refractivity contribution in [1.82, 2.24) is 14.9 Å². The van der Waals surface area contributed by atoms with Crippen LogP contribution >= 0.6 is 11.6 Å². The van der Waals surface area contributed by atoms with Crippen molar-refractivity contribution >= 4 is 29.1 Å². The van der Waals surface area contributed by atoms with Crippen molar-refractivity contribution in [2.45, 2.75) is 33.6 Å². The van der Waals surface area contributed by atoms with Gasteiger partial charge in [-0.25, -0.2) is 14.8 Å². The summed E-state index contributed by atoms with van der Waals surface area (Å²) in [5.41, 5.74) is 5.31. The first kappa shape index (κ1) is 23.1. The lowest BCUT2D eigenvalue weighted by atomic mass is 10.0. The van der Waals surface area contributed by atoms with Gasteiger partial charge >= 0.3 is 6.03 Å². The van der Waals surface area contributed by atoms with Crippen molar-refractivity contribution in [3.63, 3.8) is 0 Å². The maximum Gasteiger partial charge on any atom is 0.321 e. The van der Waals surface area contributed by atoms with E-state index >= 15 is 0 Å². The lowest BCUT2D eigenvalue weighted by molar-refractivity contribution is 0.208. The van der Waals surface area contributed by atoms with Gasteiger partial charge in [0.05, 0.1) is 0 Å². The van der Waals surface area contributed by atoms with Crippen LogP contribution in [0.4, 0.5) is 16.3 Å². The minimum atomic E-state index is -0.0491. The van der Waals surface area contributed by atoms with Crippen LogP contribution in [0.1, 0.15) is 35.1 Å². The summed E-state index contributed by atoms with van der Waals surface area (Å²) in [6.45, 7) is 8.80. The number of amides is 2. The average molecular weight is 464 g/mol. The lowest BCUT2D eigenvalue weighted by Gasteiger charge is -2.36. The first-order chi connectivity index (χ1) is 15.9. The van der Waals surface area contributed by atoms with E-state index in [1.54, 1.807) is 0 Å². The number of nitrogens with one attached hydrogen (secondary N) is 1. The molecule has 2 amide bonds. The molecule has 1 aliphatic heterocycles. The van der Waals surface area contributed by atoms with E-state index in [2.05, 4.69) is 28.2 Å². The van der Waals surface area contributed by atoms with E-state index < -0.39 is 0 Å². The minimum Gasteiger partial charge on any atom is -0.353 e. The van der Waals surface area contributed by atoms with Gasteiger partial charge in [-0.3, -0.25) is 0 Å². The highest BCUT2D eigenvalue weighted by Crippen LogP contribution is 2.26. The number of carbonyl (C=O) groups excluding carboxylic acids is 1. The highest BCUT2D eigenvalue weighted by molar-refractivity contribution is 6.30. The maximum atomic E-state index is 12.9. The number of anilines is 2. The fourth-order valence-corrected chi connectivity index (χ4v) is 4.38. The normalized spacial score (nSPS) is 13.8. The van der Waals surface area contributed by atoms with Crippen LogP contribution in [0.15, 0.2) is 48.5 Å². The van der Waals surface area contributed by atoms with E-state index in [-0.39, 0.29) is 6.03 Å². The predicted molar refractivity (Wildman–Crippen MR) is 134 cm³/mol. The zero-order valence-corrected chi connectivity index (χ0v) is 20.2. The Hall–Kier alpha value is -3.12. The fourth-order valence-electron chi connectivity index (χ4n) is 4.26. The molecule has 0 aliphatic carbocycles. The summed E-state index contributed by atoms with van der Waals surface area (Å²) in [6, 6.07) is 15.8. The molecule has 1 saturated heterocycles. The van der Waals surface area contributed by atoms with Gasteiger partial charge in [0.1, 0.15) is 11.6 Å². The number of rotatable bonds is 5. The number of carbonyl (C=O) groups is 1. The molecule has 1 aliphatic rings. The largest absolute Gasteiger partial charge is 0.353 e. The molecule has 0 bridgehead atoms. The summed E-state index contributed by atoms with van der Waals surface area (Å²) < 4.78 is 0. The molecule has 7 heteroatoms. The predicted octanol–water partition coefficient (Wildman–Crippen LogP) is 5.25. The van der Waals surface area contributed by atoms with E-state index in [0.717, 1.165) is 65.1 Å². The zero-order chi connectivity index (χ0) is 23.4. The van der Waals surface area contributed by atoms with Gasteiger partial charge in [-0.1, -0.05) is 48.9 Å². The molecule has 3 aromatic rings. The molecule has 172 valence electrons. The fraction of sp³-hybridized carbons (Fsp3) is 0.346. The van der Waals surface area contributed by atoms with Crippen LogP contribution in [-0.4, -0.2) is 47.1 Å². The Morgan fingerprint density at radius 1 is 1.00 bits per heavy atom. The second-order valence-corrected chi connectivity index (χ2v) is 8.81. The van der Waals surface area contributed by atoms with Crippen LogP contribution < -0.4 is 10.2 Å². The zero-order valence-electron chi connectivity index (χ0n) is 19.4. The van der Waals surface area contributed by atoms with Gasteiger partial charge in [-0.05, 0) is 49.6 Å². The summed E-state index contributed by atoms with van der Waals surface area (Å²) >= 11 is 6.06. The topological polar surface area (TPSA) is 61.4 Å². The quantitative estimate of drug-likeness (QED) is 0.561. The summed E-state index contributed by atoms with van der Waals surface area (Å²) in [4.78, 5) is 26.4. The van der Waals surface area contributed by atoms with Gasteiger partial charge in [0, 0.05) is 54.6 Å². The molecule has 0 unspecified atom stereocenters. The number of aromatic nitrogens is 2. The van der Waals surface area contributed by atoms with Crippen molar-refractivity contribution in [1.29, 1.82) is 0 Å². The van der Waals surface area contributed by atoms with Crippen molar-refractivity contribution in [2.75, 3.05) is 36.4 Å². The molecule has 1 aromatic heterocycles. The Morgan fingerprint density at radius 3 is 2.39 bits per heavy atom. The van der Waals surface area contributed by atoms with Gasteiger partial charge in [0.25, 0.3) is 0 Å². The number of para-hydroxylation sites is 1. The molecule has 33 heavy (non-hydrogen) atoms. The van der Waals surface area contributed by atoms with E-state index in [4.69, 9.17) is 16.6 Å². The average Bonchev–Trinajstić information content (AvgIpc) is 2.82. The highest BCUT2D eigenvalue weighted by Gasteiger charge is 2.25. The molecule has 0 atom stereocenters. The third-order valence-corrected chi connectivity index (χ3v) is 6.36. The number of aryl methyl sites for hydroxylation is 3. The first-order valence-corrected chi connectivity index (χ1v) is 11.8. The maximum absolute atomic E-state index is 12.9. The summed E-state index contributed by atoms with van der Waals surface area (Å²) in [5, 5.41) is 3.81. The van der Waals surface area contributed by atoms with Crippen LogP contribution in [0, 0.1) is 13.8 Å². The molecular weight excluding hydrogens is 434 g/mol. The van der Waals surface area contributed by atoms with Crippen molar-refractivity contribution in [3.8, 4) is 0 Å². The van der Waals surface area contributed by atoms with E-state index in [1.807, 2.05) is 61.2 Å². The number of nitrogens with zero attached hydrogens (tertiary/aromatic N) is 4. The number of hydrogen-bond acceptors (Lipinski definition) is 4. The van der Waals surface area contributed by atoms with Crippen LogP contribution in [0.25, 0.3) is 0 Å². The van der Waals surface area contributed by atoms with Crippen molar-refractivity contribution in [2.24, 2.45) is 0 Å². The first-order valence-electron chi connectivity index (χ1n) is 11.4. The van der Waals surface area contributed by atoms with Gasteiger partial charge < -0.3 is 15.1 Å². The molecule has 2 heterocycles. The standard InChI is InChI=1S/C26H30ClN5O/c1-4-21-7-5-6-8-24(21)30-26(33)32-15-13-31(14-16-32)25-23(18(2)28-19(3)29-25)17-20-9-11-22(27)12-10-20/h5-12H,4,13-17H2,1-3H3,(H,30,33). The summed E-state index contributed by atoms with van der Waals surface area (Å²) in [7, 11) is 0. The smallest absolute Gasteiger partial charge is 0.321 e. The molecule has 6 nitrogen and oxygen atoms in total. The van der Waals surface area contributed by atoms with E-state index in [1.165, 1.54) is 5.56 Å². The highest BCUT2D eigenvalue weighted by atomic mass is 35.5. The second kappa shape index (κ2) is 10.2. The number of piperazine rings is 1. The van der Waals surface area contributed by atoms with Crippen molar-refractivity contribution in [3.05, 3.63) is 81.8 Å². The molecule has 0 radical (unpaired) electrons. The Labute approximate surface area is 200 Å². The molecule has 1 fully saturated rings. The molecule has 0 spiro atoms. The lowest BCUT2D eigenvalue weighted by Crippen LogP contribution is -2.50. The molecule has 4 rings (SSSR count). The second-order valence-electron chi connectivity index (χ2n) is 8.38. The molecular formula is C26H30ClN5O. The summed E-state index contributed by atoms with van der Waals surface area (Å²) in [5.74, 6) is 1.73. The van der Waals surface area contributed by atoms with Gasteiger partial charge in [0.2, 0.25) is 0 Å². The van der Waals surface area contributed by atoms with Gasteiger partial charge in [-0.15, -0.1) is 0 Å². The Balaban J connectivity index is 1.47. The van der Waals surface area contributed by atoms with Crippen LogP contribution in [0.2, 0.25) is 5.02 Å². The van der Waals surface area contributed by atoms with Gasteiger partial charge in [0.15, 0.2) is 0 Å². The van der Waals surface area contributed by atoms with E-state index in [9.17, 15) is 4.79 Å². The molecule has 0 saturated carbocycles. The third kappa shape index (κ3) is 5.45. The Morgan fingerprint density at radius 2 is 1.70 bits per heavy atom. The van der Waals surface area contributed by atoms with Crippen molar-refractivity contribution < 1.29 is 4.79 Å². The number of benzene rings is 2. The van der Waals surface area contributed by atoms with E-state index in [0.29, 0.717) is 13.1 Å².